The van der Waals surface area contributed by atoms with Crippen LogP contribution in [0.15, 0.2) is 30.5 Å². The predicted molar refractivity (Wildman–Crippen MR) is 77.3 cm³/mol. The van der Waals surface area contributed by atoms with E-state index in [1.54, 1.807) is 13.0 Å². The fourth-order valence-corrected chi connectivity index (χ4v) is 1.89. The van der Waals surface area contributed by atoms with Crippen LogP contribution in [-0.2, 0) is 0 Å². The van der Waals surface area contributed by atoms with Crippen molar-refractivity contribution in [2.75, 3.05) is 5.32 Å². The summed E-state index contributed by atoms with van der Waals surface area (Å²) in [4.78, 5) is 25.4. The van der Waals surface area contributed by atoms with Crippen molar-refractivity contribution >= 4 is 34.8 Å². The molecule has 1 aromatic carbocycles. The Morgan fingerprint density at radius 2 is 2.14 bits per heavy atom. The van der Waals surface area contributed by atoms with Gasteiger partial charge in [0.1, 0.15) is 5.82 Å². The summed E-state index contributed by atoms with van der Waals surface area (Å²) in [5.74, 6) is -0.919. The number of carbonyl (C=O) groups is 1. The van der Waals surface area contributed by atoms with Gasteiger partial charge in [0.2, 0.25) is 0 Å². The molecule has 0 amide bonds. The number of rotatable bonds is 4. The van der Waals surface area contributed by atoms with Crippen LogP contribution >= 0.6 is 11.6 Å². The lowest BCUT2D eigenvalue weighted by molar-refractivity contribution is -0.385. The van der Waals surface area contributed by atoms with Crippen molar-refractivity contribution in [2.45, 2.75) is 6.92 Å². The Balaban J connectivity index is 2.34. The number of nitro groups is 1. The van der Waals surface area contributed by atoms with Crippen molar-refractivity contribution in [1.82, 2.24) is 4.98 Å². The number of aryl methyl sites for hydroxylation is 1. The maximum atomic E-state index is 11.0. The summed E-state index contributed by atoms with van der Waals surface area (Å²) in [5, 5.41) is 22.8. The van der Waals surface area contributed by atoms with E-state index in [1.807, 2.05) is 0 Å². The zero-order valence-electron chi connectivity index (χ0n) is 10.8. The molecule has 0 saturated carbocycles. The molecule has 0 unspecified atom stereocenters. The third-order valence-electron chi connectivity index (χ3n) is 2.74. The van der Waals surface area contributed by atoms with E-state index in [4.69, 9.17) is 16.7 Å². The van der Waals surface area contributed by atoms with E-state index < -0.39 is 10.9 Å². The van der Waals surface area contributed by atoms with Crippen molar-refractivity contribution in [2.24, 2.45) is 0 Å². The molecule has 8 heteroatoms. The van der Waals surface area contributed by atoms with E-state index in [-0.39, 0.29) is 22.1 Å². The number of hydrogen-bond acceptors (Lipinski definition) is 5. The first-order valence-electron chi connectivity index (χ1n) is 5.79. The monoisotopic (exact) mass is 307 g/mol. The Bertz CT molecular complexity index is 672. The summed E-state index contributed by atoms with van der Waals surface area (Å²) in [7, 11) is 0. The summed E-state index contributed by atoms with van der Waals surface area (Å²) >= 11 is 5.77. The van der Waals surface area contributed by atoms with Crippen LogP contribution < -0.4 is 5.32 Å². The van der Waals surface area contributed by atoms with Crippen LogP contribution in [0.3, 0.4) is 0 Å². The molecule has 0 radical (unpaired) electrons. The molecule has 0 saturated heterocycles. The first kappa shape index (κ1) is 14.7. The van der Waals surface area contributed by atoms with Gasteiger partial charge in [-0.15, -0.1) is 0 Å². The van der Waals surface area contributed by atoms with E-state index in [0.29, 0.717) is 11.3 Å². The topological polar surface area (TPSA) is 105 Å². The normalized spacial score (nSPS) is 10.2. The zero-order chi connectivity index (χ0) is 15.6. The third kappa shape index (κ3) is 3.26. The summed E-state index contributed by atoms with van der Waals surface area (Å²) in [5.41, 5.74) is 0.721. The Morgan fingerprint density at radius 1 is 1.43 bits per heavy atom. The minimum atomic E-state index is -1.16. The highest BCUT2D eigenvalue weighted by Gasteiger charge is 2.13. The van der Waals surface area contributed by atoms with Gasteiger partial charge in [0.15, 0.2) is 0 Å². The second kappa shape index (κ2) is 5.76. The molecule has 0 aliphatic rings. The quantitative estimate of drug-likeness (QED) is 0.662. The van der Waals surface area contributed by atoms with E-state index in [9.17, 15) is 14.9 Å². The number of aromatic carboxylic acids is 1. The molecule has 0 bridgehead atoms. The third-order valence-corrected chi connectivity index (χ3v) is 3.07. The van der Waals surface area contributed by atoms with Gasteiger partial charge in [-0.25, -0.2) is 9.78 Å². The number of nitrogens with zero attached hydrogens (tertiary/aromatic N) is 2. The van der Waals surface area contributed by atoms with Gasteiger partial charge in [0.05, 0.1) is 21.6 Å². The van der Waals surface area contributed by atoms with E-state index >= 15 is 0 Å². The molecule has 0 spiro atoms. The molecule has 2 N–H and O–H groups in total. The highest BCUT2D eigenvalue weighted by Crippen LogP contribution is 2.25. The molecule has 7 nitrogen and oxygen atoms in total. The van der Waals surface area contributed by atoms with Gasteiger partial charge in [-0.3, -0.25) is 10.1 Å². The van der Waals surface area contributed by atoms with E-state index in [1.165, 1.54) is 24.4 Å². The van der Waals surface area contributed by atoms with Gasteiger partial charge in [0, 0.05) is 17.4 Å². The molecular formula is C13H10ClN3O4. The summed E-state index contributed by atoms with van der Waals surface area (Å²) in [6.45, 7) is 1.58. The number of halogens is 1. The molecule has 21 heavy (non-hydrogen) atoms. The maximum absolute atomic E-state index is 11.0. The zero-order valence-corrected chi connectivity index (χ0v) is 11.6. The fraction of sp³-hybridized carbons (Fsp3) is 0.0769. The minimum Gasteiger partial charge on any atom is -0.478 e. The van der Waals surface area contributed by atoms with Gasteiger partial charge >= 0.3 is 5.97 Å². The lowest BCUT2D eigenvalue weighted by Crippen LogP contribution is -2.01. The van der Waals surface area contributed by atoms with Crippen molar-refractivity contribution in [3.63, 3.8) is 0 Å². The van der Waals surface area contributed by atoms with E-state index in [0.717, 1.165) is 0 Å². The van der Waals surface area contributed by atoms with Crippen LogP contribution in [0.25, 0.3) is 0 Å². The van der Waals surface area contributed by atoms with Crippen molar-refractivity contribution < 1.29 is 14.8 Å². The fourth-order valence-electron chi connectivity index (χ4n) is 1.69. The predicted octanol–water partition coefficient (Wildman–Crippen LogP) is 3.39. The lowest BCUT2D eigenvalue weighted by Gasteiger charge is -2.08. The molecule has 0 aliphatic heterocycles. The molecule has 0 atom stereocenters. The van der Waals surface area contributed by atoms with Gasteiger partial charge in [-0.1, -0.05) is 11.6 Å². The van der Waals surface area contributed by atoms with Gasteiger partial charge < -0.3 is 10.4 Å². The number of benzene rings is 1. The van der Waals surface area contributed by atoms with Crippen LogP contribution in [-0.4, -0.2) is 21.0 Å². The number of anilines is 2. The highest BCUT2D eigenvalue weighted by molar-refractivity contribution is 6.33. The molecule has 0 fully saturated rings. The number of nitrogens with one attached hydrogen (secondary N) is 1. The molecule has 2 aromatic rings. The van der Waals surface area contributed by atoms with E-state index in [2.05, 4.69) is 10.3 Å². The molecule has 1 heterocycles. The van der Waals surface area contributed by atoms with Crippen LogP contribution in [0, 0.1) is 17.0 Å². The molecular weight excluding hydrogens is 298 g/mol. The number of carboxylic acid groups (broad SMARTS) is 1. The first-order chi connectivity index (χ1) is 9.88. The Labute approximate surface area is 124 Å². The highest BCUT2D eigenvalue weighted by atomic mass is 35.5. The number of hydrogen-bond donors (Lipinski definition) is 2. The van der Waals surface area contributed by atoms with Gasteiger partial charge in [-0.05, 0) is 25.1 Å². The molecule has 1 aromatic heterocycles. The summed E-state index contributed by atoms with van der Waals surface area (Å²) in [6, 6.07) is 5.60. The molecule has 2 rings (SSSR count). The lowest BCUT2D eigenvalue weighted by atomic mass is 10.2. The average Bonchev–Trinajstić information content (AvgIpc) is 2.42. The summed E-state index contributed by atoms with van der Waals surface area (Å²) in [6.07, 6.45) is 1.37. The maximum Gasteiger partial charge on any atom is 0.337 e. The Hall–Kier alpha value is -2.67. The van der Waals surface area contributed by atoms with Crippen LogP contribution in [0.5, 0.6) is 0 Å². The first-order valence-corrected chi connectivity index (χ1v) is 6.17. The van der Waals surface area contributed by atoms with Gasteiger partial charge in [0.25, 0.3) is 5.69 Å². The van der Waals surface area contributed by atoms with Crippen molar-refractivity contribution in [3.8, 4) is 0 Å². The molecule has 108 valence electrons. The largest absolute Gasteiger partial charge is 0.478 e. The van der Waals surface area contributed by atoms with Crippen LogP contribution in [0.2, 0.25) is 5.02 Å². The SMILES string of the molecule is Cc1cnc(Nc2ccc(Cl)c(C(=O)O)c2)cc1[N+](=O)[O-]. The smallest absolute Gasteiger partial charge is 0.337 e. The average molecular weight is 308 g/mol. The number of pyridine rings is 1. The Kier molecular flexibility index (Phi) is 4.04. The van der Waals surface area contributed by atoms with Crippen molar-refractivity contribution in [3.05, 3.63) is 56.7 Å². The van der Waals surface area contributed by atoms with Crippen LogP contribution in [0.1, 0.15) is 15.9 Å². The Morgan fingerprint density at radius 3 is 2.76 bits per heavy atom. The minimum absolute atomic E-state index is 0.0664. The van der Waals surface area contributed by atoms with Gasteiger partial charge in [-0.2, -0.15) is 0 Å². The van der Waals surface area contributed by atoms with Crippen molar-refractivity contribution in [1.29, 1.82) is 0 Å². The van der Waals surface area contributed by atoms with Crippen LogP contribution in [0.4, 0.5) is 17.2 Å². The number of aromatic nitrogens is 1. The second-order valence-corrected chi connectivity index (χ2v) is 4.65. The summed E-state index contributed by atoms with van der Waals surface area (Å²) < 4.78 is 0. The second-order valence-electron chi connectivity index (χ2n) is 4.24. The standard InChI is InChI=1S/C13H10ClN3O4/c1-7-6-15-12(5-11(7)17(20)21)16-8-2-3-10(14)9(4-8)13(18)19/h2-6H,1H3,(H,15,16)(H,18,19). The molecule has 0 aliphatic carbocycles. The number of carboxylic acids is 1.